The van der Waals surface area contributed by atoms with Gasteiger partial charge < -0.3 is 4.90 Å². The minimum Gasteiger partial charge on any atom is -0.464 e. The number of nitrogens with one attached hydrogen (secondary N) is 1. The van der Waals surface area contributed by atoms with Crippen molar-refractivity contribution in [2.75, 3.05) is 7.05 Å². The molecule has 0 aliphatic carbocycles. The Bertz CT molecular complexity index is 203. The Balaban J connectivity index is 2.77. The molecule has 2 atom stereocenters. The maximum Gasteiger partial charge on any atom is 0.0860 e. The molecule has 1 N–H and O–H groups in total. The summed E-state index contributed by atoms with van der Waals surface area (Å²) in [5, 5.41) is 0. The molecule has 1 heteroatoms. The van der Waals surface area contributed by atoms with Crippen LogP contribution in [-0.2, 0) is 0 Å². The molecule has 1 aromatic carbocycles. The monoisotopic (exact) mass is 149 g/mol. The summed E-state index contributed by atoms with van der Waals surface area (Å²) in [6, 6.07) is 10.9. The molecular weight excluding hydrogens is 134 g/mol. The van der Waals surface area contributed by atoms with E-state index in [2.05, 4.69) is 45.3 Å². The van der Waals surface area contributed by atoms with Gasteiger partial charge in [0.15, 0.2) is 0 Å². The van der Waals surface area contributed by atoms with Crippen LogP contribution in [0, 0.1) is 7.05 Å². The Morgan fingerprint density at radius 2 is 1.82 bits per heavy atom. The normalized spacial score (nSPS) is 15.9. The number of hydrogen-bond acceptors (Lipinski definition) is 0. The van der Waals surface area contributed by atoms with Crippen molar-refractivity contribution < 1.29 is 4.90 Å². The molecule has 0 spiro atoms. The van der Waals surface area contributed by atoms with Gasteiger partial charge in [-0.1, -0.05) is 30.3 Å². The Morgan fingerprint density at radius 3 is 2.27 bits per heavy atom. The molecule has 0 fully saturated rings. The third-order valence-electron chi connectivity index (χ3n) is 2.04. The zero-order valence-electron chi connectivity index (χ0n) is 7.17. The summed E-state index contributed by atoms with van der Waals surface area (Å²) in [5.74, 6) is 0. The second kappa shape index (κ2) is 3.54. The van der Waals surface area contributed by atoms with E-state index in [1.54, 1.807) is 0 Å². The van der Waals surface area contributed by atoms with Crippen LogP contribution in [0.2, 0.25) is 0 Å². The van der Waals surface area contributed by atoms with Gasteiger partial charge in [-0.15, -0.1) is 0 Å². The van der Waals surface area contributed by atoms with Crippen molar-refractivity contribution in [3.63, 3.8) is 0 Å². The van der Waals surface area contributed by atoms with E-state index in [-0.39, 0.29) is 0 Å². The summed E-state index contributed by atoms with van der Waals surface area (Å²) in [6.07, 6.45) is 0. The van der Waals surface area contributed by atoms with Gasteiger partial charge in [-0.2, -0.15) is 7.05 Å². The molecule has 0 aliphatic rings. The maximum absolute atomic E-state index is 3.93. The SMILES string of the molecule is [CH2-][NH+](C)[C@H](C)c1ccccc1. The van der Waals surface area contributed by atoms with Gasteiger partial charge >= 0.3 is 0 Å². The van der Waals surface area contributed by atoms with E-state index >= 15 is 0 Å². The Morgan fingerprint density at radius 1 is 1.27 bits per heavy atom. The van der Waals surface area contributed by atoms with Crippen LogP contribution >= 0.6 is 0 Å². The van der Waals surface area contributed by atoms with Gasteiger partial charge in [0.05, 0.1) is 6.04 Å². The topological polar surface area (TPSA) is 4.44 Å². The number of benzene rings is 1. The highest BCUT2D eigenvalue weighted by molar-refractivity contribution is 5.16. The van der Waals surface area contributed by atoms with E-state index in [1.807, 2.05) is 6.07 Å². The van der Waals surface area contributed by atoms with Crippen LogP contribution in [0.15, 0.2) is 30.3 Å². The van der Waals surface area contributed by atoms with E-state index in [0.29, 0.717) is 6.04 Å². The van der Waals surface area contributed by atoms with Crippen LogP contribution in [0.25, 0.3) is 0 Å². The lowest BCUT2D eigenvalue weighted by molar-refractivity contribution is -0.864. The molecule has 0 heterocycles. The van der Waals surface area contributed by atoms with Crippen LogP contribution < -0.4 is 4.90 Å². The molecule has 1 aromatic rings. The van der Waals surface area contributed by atoms with Gasteiger partial charge in [-0.05, 0) is 6.92 Å². The fourth-order valence-electron chi connectivity index (χ4n) is 1.03. The summed E-state index contributed by atoms with van der Waals surface area (Å²) in [6.45, 7) is 2.18. The van der Waals surface area contributed by atoms with Gasteiger partial charge in [0.2, 0.25) is 0 Å². The summed E-state index contributed by atoms with van der Waals surface area (Å²) in [4.78, 5) is 1.22. The maximum atomic E-state index is 3.93. The molecule has 1 nitrogen and oxygen atoms in total. The first-order valence-corrected chi connectivity index (χ1v) is 3.92. The average molecular weight is 149 g/mol. The molecule has 0 radical (unpaired) electrons. The molecular formula is C10H15N. The Labute approximate surface area is 68.7 Å². The first-order valence-electron chi connectivity index (χ1n) is 3.92. The van der Waals surface area contributed by atoms with Gasteiger partial charge in [-0.25, -0.2) is 0 Å². The molecule has 0 amide bonds. The average Bonchev–Trinajstić information content (AvgIpc) is 2.05. The highest BCUT2D eigenvalue weighted by Gasteiger charge is 2.05. The van der Waals surface area contributed by atoms with Crippen molar-refractivity contribution in [2.24, 2.45) is 0 Å². The zero-order valence-corrected chi connectivity index (χ0v) is 7.17. The van der Waals surface area contributed by atoms with E-state index in [1.165, 1.54) is 10.5 Å². The van der Waals surface area contributed by atoms with Crippen molar-refractivity contribution in [2.45, 2.75) is 13.0 Å². The predicted molar refractivity (Wildman–Crippen MR) is 47.1 cm³/mol. The fourth-order valence-corrected chi connectivity index (χ4v) is 1.03. The molecule has 0 saturated carbocycles. The minimum atomic E-state index is 0.483. The number of hydrogen-bond donors (Lipinski definition) is 1. The van der Waals surface area contributed by atoms with Crippen LogP contribution in [0.4, 0.5) is 0 Å². The van der Waals surface area contributed by atoms with Crippen molar-refractivity contribution >= 4 is 0 Å². The minimum absolute atomic E-state index is 0.483. The number of quaternary nitrogens is 1. The molecule has 11 heavy (non-hydrogen) atoms. The second-order valence-corrected chi connectivity index (χ2v) is 2.98. The van der Waals surface area contributed by atoms with Gasteiger partial charge in [-0.3, -0.25) is 0 Å². The second-order valence-electron chi connectivity index (χ2n) is 2.98. The Kier molecular flexibility index (Phi) is 2.66. The highest BCUT2D eigenvalue weighted by atomic mass is 15.1. The molecule has 0 bridgehead atoms. The largest absolute Gasteiger partial charge is 0.464 e. The van der Waals surface area contributed by atoms with Crippen LogP contribution in [0.5, 0.6) is 0 Å². The van der Waals surface area contributed by atoms with Crippen molar-refractivity contribution in [1.29, 1.82) is 0 Å². The molecule has 0 aromatic heterocycles. The zero-order chi connectivity index (χ0) is 8.27. The van der Waals surface area contributed by atoms with Gasteiger partial charge in [0.25, 0.3) is 0 Å². The predicted octanol–water partition coefficient (Wildman–Crippen LogP) is 1.05. The smallest absolute Gasteiger partial charge is 0.0860 e. The molecule has 0 saturated heterocycles. The van der Waals surface area contributed by atoms with E-state index in [9.17, 15) is 0 Å². The van der Waals surface area contributed by atoms with Crippen molar-refractivity contribution in [3.8, 4) is 0 Å². The first kappa shape index (κ1) is 8.28. The summed E-state index contributed by atoms with van der Waals surface area (Å²) in [7, 11) is 6.00. The molecule has 60 valence electrons. The van der Waals surface area contributed by atoms with Crippen LogP contribution in [0.3, 0.4) is 0 Å². The van der Waals surface area contributed by atoms with Crippen LogP contribution in [0.1, 0.15) is 18.5 Å². The Hall–Kier alpha value is -0.820. The molecule has 1 rings (SSSR count). The quantitative estimate of drug-likeness (QED) is 0.600. The standard InChI is InChI=1S/C10H15N/c1-9(11(2)3)10-7-5-4-6-8-10/h4-9,11H,2H2,1,3H3/t9-/m1/s1. The van der Waals surface area contributed by atoms with E-state index < -0.39 is 0 Å². The third kappa shape index (κ3) is 2.05. The summed E-state index contributed by atoms with van der Waals surface area (Å²) < 4.78 is 0. The molecule has 0 aliphatic heterocycles. The van der Waals surface area contributed by atoms with E-state index in [0.717, 1.165) is 0 Å². The lowest BCUT2D eigenvalue weighted by atomic mass is 10.1. The lowest BCUT2D eigenvalue weighted by Crippen LogP contribution is -3.03. The van der Waals surface area contributed by atoms with Gasteiger partial charge in [0.1, 0.15) is 0 Å². The first-order chi connectivity index (χ1) is 5.22. The number of rotatable bonds is 2. The summed E-state index contributed by atoms with van der Waals surface area (Å²) >= 11 is 0. The van der Waals surface area contributed by atoms with Crippen molar-refractivity contribution in [1.82, 2.24) is 0 Å². The molecule has 1 unspecified atom stereocenters. The van der Waals surface area contributed by atoms with Crippen molar-refractivity contribution in [3.05, 3.63) is 42.9 Å². The summed E-state index contributed by atoms with van der Waals surface area (Å²) in [5.41, 5.74) is 1.35. The highest BCUT2D eigenvalue weighted by Crippen LogP contribution is 2.06. The fraction of sp³-hybridized carbons (Fsp3) is 0.300. The third-order valence-corrected chi connectivity index (χ3v) is 2.04. The van der Waals surface area contributed by atoms with E-state index in [4.69, 9.17) is 0 Å². The van der Waals surface area contributed by atoms with Gasteiger partial charge in [0, 0.05) is 12.6 Å². The lowest BCUT2D eigenvalue weighted by Gasteiger charge is -2.23. The van der Waals surface area contributed by atoms with Crippen LogP contribution in [-0.4, -0.2) is 7.05 Å².